The van der Waals surface area contributed by atoms with Gasteiger partial charge >= 0.3 is 6.09 Å². The highest BCUT2D eigenvalue weighted by atomic mass is 32.1. The van der Waals surface area contributed by atoms with Gasteiger partial charge in [-0.3, -0.25) is 0 Å². The molecule has 1 aromatic rings. The van der Waals surface area contributed by atoms with E-state index in [-0.39, 0.29) is 12.5 Å². The first-order chi connectivity index (χ1) is 10.0. The predicted molar refractivity (Wildman–Crippen MR) is 83.2 cm³/mol. The molecule has 0 aromatic heterocycles. The SMILES string of the molecule is NC(=O)O.OCC(COC(=S)NC1CC1)c1ccccc1. The second-order valence-corrected chi connectivity index (χ2v) is 5.02. The number of nitrogens with two attached hydrogens (primary N) is 1. The Morgan fingerprint density at radius 1 is 1.43 bits per heavy atom. The molecule has 1 fully saturated rings. The highest BCUT2D eigenvalue weighted by molar-refractivity contribution is 7.80. The number of hydrogen-bond donors (Lipinski definition) is 4. The van der Waals surface area contributed by atoms with Gasteiger partial charge in [0.1, 0.15) is 0 Å². The normalized spacial score (nSPS) is 14.3. The van der Waals surface area contributed by atoms with Crippen LogP contribution in [0.2, 0.25) is 0 Å². The molecular formula is C14H20N2O4S. The fourth-order valence-corrected chi connectivity index (χ4v) is 1.83. The van der Waals surface area contributed by atoms with Crippen molar-refractivity contribution in [3.63, 3.8) is 0 Å². The van der Waals surface area contributed by atoms with Gasteiger partial charge in [-0.15, -0.1) is 0 Å². The zero-order valence-electron chi connectivity index (χ0n) is 11.6. The molecule has 0 bridgehead atoms. The van der Waals surface area contributed by atoms with Crippen LogP contribution >= 0.6 is 12.2 Å². The van der Waals surface area contributed by atoms with E-state index in [4.69, 9.17) is 26.9 Å². The van der Waals surface area contributed by atoms with E-state index in [1.165, 1.54) is 12.8 Å². The van der Waals surface area contributed by atoms with E-state index in [9.17, 15) is 5.11 Å². The van der Waals surface area contributed by atoms with Gasteiger partial charge in [0, 0.05) is 12.0 Å². The zero-order valence-corrected chi connectivity index (χ0v) is 12.4. The van der Waals surface area contributed by atoms with Gasteiger partial charge in [0.15, 0.2) is 0 Å². The van der Waals surface area contributed by atoms with Crippen LogP contribution in [0.15, 0.2) is 30.3 Å². The molecule has 6 nitrogen and oxygen atoms in total. The van der Waals surface area contributed by atoms with Crippen LogP contribution in [0.1, 0.15) is 24.3 Å². The third kappa shape index (κ3) is 8.11. The van der Waals surface area contributed by atoms with Gasteiger partial charge in [-0.1, -0.05) is 30.3 Å². The highest BCUT2D eigenvalue weighted by Crippen LogP contribution is 2.19. The highest BCUT2D eigenvalue weighted by Gasteiger charge is 2.22. The number of rotatable bonds is 5. The second-order valence-electron chi connectivity index (χ2n) is 4.65. The maximum absolute atomic E-state index is 9.34. The number of carboxylic acid groups (broad SMARTS) is 1. The Kier molecular flexibility index (Phi) is 7.49. The van der Waals surface area contributed by atoms with Crippen LogP contribution in [0.3, 0.4) is 0 Å². The molecule has 0 aliphatic heterocycles. The molecule has 2 rings (SSSR count). The van der Waals surface area contributed by atoms with Gasteiger partial charge in [-0.05, 0) is 30.6 Å². The van der Waals surface area contributed by atoms with Crippen LogP contribution in [-0.2, 0) is 4.74 Å². The van der Waals surface area contributed by atoms with Gasteiger partial charge in [0.05, 0.1) is 13.2 Å². The number of benzene rings is 1. The van der Waals surface area contributed by atoms with E-state index in [2.05, 4.69) is 11.1 Å². The van der Waals surface area contributed by atoms with Crippen molar-refractivity contribution in [2.75, 3.05) is 13.2 Å². The van der Waals surface area contributed by atoms with Crippen LogP contribution in [0, 0.1) is 0 Å². The number of amides is 1. The summed E-state index contributed by atoms with van der Waals surface area (Å²) < 4.78 is 5.46. The number of hydrogen-bond acceptors (Lipinski definition) is 4. The lowest BCUT2D eigenvalue weighted by Gasteiger charge is -2.16. The third-order valence-electron chi connectivity index (χ3n) is 2.81. The first kappa shape index (κ1) is 17.2. The van der Waals surface area contributed by atoms with Crippen molar-refractivity contribution in [3.05, 3.63) is 35.9 Å². The molecule has 1 aliphatic rings. The first-order valence-electron chi connectivity index (χ1n) is 6.60. The third-order valence-corrected chi connectivity index (χ3v) is 3.04. The number of carbonyl (C=O) groups is 1. The number of aliphatic hydroxyl groups is 1. The van der Waals surface area contributed by atoms with Gasteiger partial charge in [-0.2, -0.15) is 0 Å². The number of nitrogens with one attached hydrogen (secondary N) is 1. The van der Waals surface area contributed by atoms with Gasteiger partial charge in [0.2, 0.25) is 0 Å². The molecule has 1 aliphatic carbocycles. The Morgan fingerprint density at radius 2 is 2.00 bits per heavy atom. The Labute approximate surface area is 128 Å². The summed E-state index contributed by atoms with van der Waals surface area (Å²) in [5, 5.41) is 20.1. The standard InChI is InChI=1S/C13H17NO2S.CH3NO2/c15-8-11(10-4-2-1-3-5-10)9-16-13(17)14-12-6-7-12;2-1(3)4/h1-5,11-12,15H,6-9H2,(H,14,17);2H2,(H,3,4). The fraction of sp³-hybridized carbons (Fsp3) is 0.429. The molecule has 1 saturated carbocycles. The van der Waals surface area contributed by atoms with Crippen LogP contribution < -0.4 is 11.1 Å². The van der Waals surface area contributed by atoms with Gasteiger partial charge < -0.3 is 26.0 Å². The van der Waals surface area contributed by atoms with Crippen molar-refractivity contribution in [3.8, 4) is 0 Å². The molecule has 116 valence electrons. The largest absolute Gasteiger partial charge is 0.470 e. The summed E-state index contributed by atoms with van der Waals surface area (Å²) in [5.41, 5.74) is 5.10. The summed E-state index contributed by atoms with van der Waals surface area (Å²) in [7, 11) is 0. The van der Waals surface area contributed by atoms with E-state index in [1.807, 2.05) is 30.3 Å². The van der Waals surface area contributed by atoms with Crippen LogP contribution in [0.5, 0.6) is 0 Å². The summed E-state index contributed by atoms with van der Waals surface area (Å²) in [6.07, 6.45) is 1.01. The van der Waals surface area contributed by atoms with E-state index in [0.717, 1.165) is 5.56 Å². The molecule has 0 heterocycles. The summed E-state index contributed by atoms with van der Waals surface area (Å²) in [4.78, 5) is 8.78. The summed E-state index contributed by atoms with van der Waals surface area (Å²) in [5.74, 6) is -0.0184. The molecular weight excluding hydrogens is 292 g/mol. The van der Waals surface area contributed by atoms with E-state index < -0.39 is 6.09 Å². The van der Waals surface area contributed by atoms with Crippen LogP contribution in [0.4, 0.5) is 4.79 Å². The Balaban J connectivity index is 0.000000491. The molecule has 0 saturated heterocycles. The number of ether oxygens (including phenoxy) is 1. The Hall–Kier alpha value is -1.86. The summed E-state index contributed by atoms with van der Waals surface area (Å²) >= 11 is 5.07. The second kappa shape index (κ2) is 9.15. The van der Waals surface area contributed by atoms with E-state index in [1.54, 1.807) is 0 Å². The van der Waals surface area contributed by atoms with Crippen LogP contribution in [0.25, 0.3) is 0 Å². The topological polar surface area (TPSA) is 105 Å². The maximum atomic E-state index is 9.34. The monoisotopic (exact) mass is 312 g/mol. The minimum absolute atomic E-state index is 0.0184. The van der Waals surface area contributed by atoms with Crippen molar-refractivity contribution in [2.45, 2.75) is 24.8 Å². The lowest BCUT2D eigenvalue weighted by atomic mass is 10.0. The summed E-state index contributed by atoms with van der Waals surface area (Å²) in [6.45, 7) is 0.481. The van der Waals surface area contributed by atoms with Crippen LogP contribution in [-0.4, -0.2) is 40.7 Å². The number of primary amides is 1. The Morgan fingerprint density at radius 3 is 2.48 bits per heavy atom. The maximum Gasteiger partial charge on any atom is 0.402 e. The van der Waals surface area contributed by atoms with Crippen molar-refractivity contribution in [1.82, 2.24) is 5.32 Å². The van der Waals surface area contributed by atoms with E-state index in [0.29, 0.717) is 17.8 Å². The molecule has 1 unspecified atom stereocenters. The molecule has 5 N–H and O–H groups in total. The van der Waals surface area contributed by atoms with E-state index >= 15 is 0 Å². The van der Waals surface area contributed by atoms with Crippen molar-refractivity contribution >= 4 is 23.5 Å². The van der Waals surface area contributed by atoms with Crippen molar-refractivity contribution in [1.29, 1.82) is 0 Å². The lowest BCUT2D eigenvalue weighted by molar-refractivity contribution is 0.197. The Bertz CT molecular complexity index is 448. The molecule has 7 heteroatoms. The molecule has 1 aromatic carbocycles. The average Bonchev–Trinajstić information content (AvgIpc) is 3.24. The lowest BCUT2D eigenvalue weighted by Crippen LogP contribution is -2.28. The van der Waals surface area contributed by atoms with Gasteiger partial charge in [-0.25, -0.2) is 4.79 Å². The fourth-order valence-electron chi connectivity index (χ4n) is 1.59. The average molecular weight is 312 g/mol. The van der Waals surface area contributed by atoms with Gasteiger partial charge in [0.25, 0.3) is 5.17 Å². The molecule has 21 heavy (non-hydrogen) atoms. The quantitative estimate of drug-likeness (QED) is 0.613. The molecule has 0 spiro atoms. The summed E-state index contributed by atoms with van der Waals surface area (Å²) in [6, 6.07) is 10.4. The smallest absolute Gasteiger partial charge is 0.402 e. The minimum Gasteiger partial charge on any atom is -0.470 e. The number of aliphatic hydroxyl groups excluding tert-OH is 1. The zero-order chi connectivity index (χ0) is 15.7. The first-order valence-corrected chi connectivity index (χ1v) is 7.01. The van der Waals surface area contributed by atoms with Crippen molar-refractivity contribution in [2.24, 2.45) is 5.73 Å². The molecule has 0 radical (unpaired) electrons. The molecule has 1 amide bonds. The minimum atomic E-state index is -1.33. The predicted octanol–water partition coefficient (Wildman–Crippen LogP) is 1.44. The number of thiocarbonyl (C=S) groups is 1. The van der Waals surface area contributed by atoms with Crippen molar-refractivity contribution < 1.29 is 19.7 Å². The molecule has 1 atom stereocenters.